The Morgan fingerprint density at radius 3 is 2.94 bits per heavy atom. The lowest BCUT2D eigenvalue weighted by molar-refractivity contribution is 0.300. The number of aromatic nitrogens is 1. The van der Waals surface area contributed by atoms with Crippen LogP contribution in [0.15, 0.2) is 18.2 Å². The van der Waals surface area contributed by atoms with Gasteiger partial charge in [0.25, 0.3) is 0 Å². The molecule has 0 fully saturated rings. The van der Waals surface area contributed by atoms with Gasteiger partial charge in [-0.05, 0) is 26.1 Å². The van der Waals surface area contributed by atoms with E-state index in [1.807, 2.05) is 39.2 Å². The summed E-state index contributed by atoms with van der Waals surface area (Å²) in [6, 6.07) is 8.14. The molecule has 0 aromatic carbocycles. The Hall–Kier alpha value is -1.60. The van der Waals surface area contributed by atoms with Gasteiger partial charge in [0.2, 0.25) is 0 Å². The van der Waals surface area contributed by atoms with E-state index in [9.17, 15) is 0 Å². The topological polar surface area (TPSA) is 52.0 Å². The zero-order chi connectivity index (χ0) is 12.0. The van der Waals surface area contributed by atoms with Crippen LogP contribution in [0.3, 0.4) is 0 Å². The normalized spacial score (nSPS) is 12.2. The van der Waals surface area contributed by atoms with Crippen molar-refractivity contribution in [1.29, 1.82) is 5.26 Å². The fourth-order valence-electron chi connectivity index (χ4n) is 1.56. The highest BCUT2D eigenvalue weighted by molar-refractivity contribution is 5.34. The Kier molecular flexibility index (Phi) is 4.74. The molecule has 1 rings (SSSR count). The zero-order valence-electron chi connectivity index (χ0n) is 10.1. The Balaban J connectivity index is 2.56. The van der Waals surface area contributed by atoms with Crippen LogP contribution in [0.5, 0.6) is 0 Å². The SMILES string of the molecule is CNc1cccc(CN(C)CC(C)C#N)n1. The highest BCUT2D eigenvalue weighted by Gasteiger charge is 2.06. The Labute approximate surface area is 96.9 Å². The van der Waals surface area contributed by atoms with Crippen molar-refractivity contribution < 1.29 is 0 Å². The van der Waals surface area contributed by atoms with E-state index in [1.54, 1.807) is 0 Å². The largest absolute Gasteiger partial charge is 0.373 e. The van der Waals surface area contributed by atoms with Gasteiger partial charge in [-0.3, -0.25) is 4.90 Å². The highest BCUT2D eigenvalue weighted by Crippen LogP contribution is 2.07. The quantitative estimate of drug-likeness (QED) is 0.817. The van der Waals surface area contributed by atoms with Gasteiger partial charge in [0.1, 0.15) is 5.82 Å². The maximum atomic E-state index is 8.73. The van der Waals surface area contributed by atoms with Crippen LogP contribution < -0.4 is 5.32 Å². The molecule has 0 bridgehead atoms. The molecular formula is C12H18N4. The molecule has 86 valence electrons. The van der Waals surface area contributed by atoms with Crippen LogP contribution in [0.1, 0.15) is 12.6 Å². The number of hydrogen-bond acceptors (Lipinski definition) is 4. The molecule has 0 aliphatic rings. The Morgan fingerprint density at radius 2 is 2.31 bits per heavy atom. The monoisotopic (exact) mass is 218 g/mol. The van der Waals surface area contributed by atoms with Crippen LogP contribution in [0.4, 0.5) is 5.82 Å². The second-order valence-corrected chi connectivity index (χ2v) is 3.99. The molecule has 1 unspecified atom stereocenters. The minimum Gasteiger partial charge on any atom is -0.373 e. The number of nitrogens with one attached hydrogen (secondary N) is 1. The summed E-state index contributed by atoms with van der Waals surface area (Å²) in [6.07, 6.45) is 0. The number of rotatable bonds is 5. The predicted molar refractivity (Wildman–Crippen MR) is 64.9 cm³/mol. The van der Waals surface area contributed by atoms with Crippen molar-refractivity contribution in [2.75, 3.05) is 26.0 Å². The maximum Gasteiger partial charge on any atom is 0.126 e. The molecule has 4 heteroatoms. The summed E-state index contributed by atoms with van der Waals surface area (Å²) in [6.45, 7) is 3.46. The van der Waals surface area contributed by atoms with Gasteiger partial charge in [-0.1, -0.05) is 6.07 Å². The zero-order valence-corrected chi connectivity index (χ0v) is 10.1. The Bertz CT molecular complexity index is 370. The first-order valence-corrected chi connectivity index (χ1v) is 5.37. The second kappa shape index (κ2) is 6.09. The maximum absolute atomic E-state index is 8.73. The van der Waals surface area contributed by atoms with Crippen LogP contribution >= 0.6 is 0 Å². The molecule has 16 heavy (non-hydrogen) atoms. The van der Waals surface area contributed by atoms with E-state index in [0.29, 0.717) is 0 Å². The third-order valence-electron chi connectivity index (χ3n) is 2.30. The minimum absolute atomic E-state index is 0.0532. The number of hydrogen-bond donors (Lipinski definition) is 1. The van der Waals surface area contributed by atoms with Crippen molar-refractivity contribution in [3.8, 4) is 6.07 Å². The predicted octanol–water partition coefficient (Wildman–Crippen LogP) is 1.71. The lowest BCUT2D eigenvalue weighted by Crippen LogP contribution is -2.23. The van der Waals surface area contributed by atoms with E-state index in [4.69, 9.17) is 5.26 Å². The van der Waals surface area contributed by atoms with Gasteiger partial charge in [0.05, 0.1) is 17.7 Å². The van der Waals surface area contributed by atoms with Crippen molar-refractivity contribution in [3.05, 3.63) is 23.9 Å². The van der Waals surface area contributed by atoms with Gasteiger partial charge in [-0.25, -0.2) is 4.98 Å². The smallest absolute Gasteiger partial charge is 0.126 e. The van der Waals surface area contributed by atoms with Crippen LogP contribution in [0.25, 0.3) is 0 Å². The summed E-state index contributed by atoms with van der Waals surface area (Å²) in [5.74, 6) is 0.928. The van der Waals surface area contributed by atoms with Gasteiger partial charge in [0, 0.05) is 20.1 Å². The molecule has 1 heterocycles. The molecule has 1 aromatic rings. The summed E-state index contributed by atoms with van der Waals surface area (Å²) < 4.78 is 0. The minimum atomic E-state index is 0.0532. The molecule has 0 saturated carbocycles. The van der Waals surface area contributed by atoms with Crippen molar-refractivity contribution in [3.63, 3.8) is 0 Å². The number of nitriles is 1. The van der Waals surface area contributed by atoms with Crippen molar-refractivity contribution >= 4 is 5.82 Å². The fraction of sp³-hybridized carbons (Fsp3) is 0.500. The molecule has 1 atom stereocenters. The van der Waals surface area contributed by atoms with Crippen LogP contribution in [-0.4, -0.2) is 30.5 Å². The lowest BCUT2D eigenvalue weighted by Gasteiger charge is -2.17. The molecular weight excluding hydrogens is 200 g/mol. The standard InChI is InChI=1S/C12H18N4/c1-10(7-13)8-16(3)9-11-5-4-6-12(14-2)15-11/h4-6,10H,8-9H2,1-3H3,(H,14,15). The molecule has 4 nitrogen and oxygen atoms in total. The van der Waals surface area contributed by atoms with Crippen molar-refractivity contribution in [1.82, 2.24) is 9.88 Å². The van der Waals surface area contributed by atoms with Crippen molar-refractivity contribution in [2.24, 2.45) is 5.92 Å². The number of nitrogens with zero attached hydrogens (tertiary/aromatic N) is 3. The number of pyridine rings is 1. The van der Waals surface area contributed by atoms with E-state index in [-0.39, 0.29) is 5.92 Å². The summed E-state index contributed by atoms with van der Waals surface area (Å²) in [5.41, 5.74) is 1.01. The molecule has 0 radical (unpaired) electrons. The molecule has 0 saturated heterocycles. The molecule has 0 aliphatic carbocycles. The third-order valence-corrected chi connectivity index (χ3v) is 2.30. The molecule has 0 spiro atoms. The third kappa shape index (κ3) is 3.87. The average Bonchev–Trinajstić information content (AvgIpc) is 2.28. The van der Waals surface area contributed by atoms with Crippen LogP contribution in [0, 0.1) is 17.2 Å². The first-order chi connectivity index (χ1) is 7.65. The first-order valence-electron chi connectivity index (χ1n) is 5.37. The first kappa shape index (κ1) is 12.5. The summed E-state index contributed by atoms with van der Waals surface area (Å²) in [4.78, 5) is 6.54. The van der Waals surface area contributed by atoms with E-state index in [1.165, 1.54) is 0 Å². The van der Waals surface area contributed by atoms with E-state index in [0.717, 1.165) is 24.6 Å². The van der Waals surface area contributed by atoms with E-state index >= 15 is 0 Å². The van der Waals surface area contributed by atoms with Crippen LogP contribution in [-0.2, 0) is 6.54 Å². The fourth-order valence-corrected chi connectivity index (χ4v) is 1.56. The average molecular weight is 218 g/mol. The second-order valence-electron chi connectivity index (χ2n) is 3.99. The van der Waals surface area contributed by atoms with Gasteiger partial charge in [-0.2, -0.15) is 5.26 Å². The lowest BCUT2D eigenvalue weighted by atomic mass is 10.2. The summed E-state index contributed by atoms with van der Waals surface area (Å²) in [7, 11) is 3.86. The van der Waals surface area contributed by atoms with E-state index in [2.05, 4.69) is 21.3 Å². The number of anilines is 1. The molecule has 0 amide bonds. The van der Waals surface area contributed by atoms with Gasteiger partial charge in [-0.15, -0.1) is 0 Å². The van der Waals surface area contributed by atoms with E-state index < -0.39 is 0 Å². The van der Waals surface area contributed by atoms with Gasteiger partial charge < -0.3 is 5.32 Å². The molecule has 1 N–H and O–H groups in total. The van der Waals surface area contributed by atoms with Gasteiger partial charge in [0.15, 0.2) is 0 Å². The molecule has 0 aliphatic heterocycles. The van der Waals surface area contributed by atoms with Crippen LogP contribution in [0.2, 0.25) is 0 Å². The highest BCUT2D eigenvalue weighted by atomic mass is 15.1. The summed E-state index contributed by atoms with van der Waals surface area (Å²) in [5, 5.41) is 11.7. The molecule has 1 aromatic heterocycles. The van der Waals surface area contributed by atoms with Gasteiger partial charge >= 0.3 is 0 Å². The van der Waals surface area contributed by atoms with Crippen molar-refractivity contribution in [2.45, 2.75) is 13.5 Å². The Morgan fingerprint density at radius 1 is 1.56 bits per heavy atom. The summed E-state index contributed by atoms with van der Waals surface area (Å²) >= 11 is 0.